The Labute approximate surface area is 141 Å². The maximum absolute atomic E-state index is 11.8. The van der Waals surface area contributed by atoms with Gasteiger partial charge in [0.1, 0.15) is 5.75 Å². The van der Waals surface area contributed by atoms with Gasteiger partial charge in [0.25, 0.3) is 0 Å². The second-order valence-electron chi connectivity index (χ2n) is 5.33. The Morgan fingerprint density at radius 2 is 1.91 bits per heavy atom. The Hall–Kier alpha value is -1.73. The SMILES string of the molecule is CCOc1ccc(NC(=O)C(=O)NC[C@@](C)(O)CCSC)cc1. The molecule has 0 aliphatic heterocycles. The second-order valence-corrected chi connectivity index (χ2v) is 6.32. The van der Waals surface area contributed by atoms with Gasteiger partial charge in [0, 0.05) is 12.2 Å². The first-order valence-electron chi connectivity index (χ1n) is 7.41. The third-order valence-corrected chi connectivity index (χ3v) is 3.72. The van der Waals surface area contributed by atoms with Gasteiger partial charge in [-0.25, -0.2) is 0 Å². The van der Waals surface area contributed by atoms with Gasteiger partial charge in [-0.15, -0.1) is 0 Å². The van der Waals surface area contributed by atoms with E-state index in [0.717, 1.165) is 5.75 Å². The van der Waals surface area contributed by atoms with Crippen LogP contribution in [0.4, 0.5) is 5.69 Å². The highest BCUT2D eigenvalue weighted by Crippen LogP contribution is 2.15. The van der Waals surface area contributed by atoms with Crippen LogP contribution in [0.1, 0.15) is 20.3 Å². The summed E-state index contributed by atoms with van der Waals surface area (Å²) >= 11 is 1.61. The molecular formula is C16H24N2O4S. The van der Waals surface area contributed by atoms with Crippen molar-refractivity contribution in [3.63, 3.8) is 0 Å². The number of ether oxygens (including phenoxy) is 1. The highest BCUT2D eigenvalue weighted by atomic mass is 32.2. The summed E-state index contributed by atoms with van der Waals surface area (Å²) in [5.74, 6) is -0.0701. The Bertz CT molecular complexity index is 517. The molecule has 0 aliphatic carbocycles. The summed E-state index contributed by atoms with van der Waals surface area (Å²) in [7, 11) is 0. The molecule has 7 heteroatoms. The Kier molecular flexibility index (Phi) is 7.91. The van der Waals surface area contributed by atoms with Crippen molar-refractivity contribution in [2.45, 2.75) is 25.9 Å². The highest BCUT2D eigenvalue weighted by molar-refractivity contribution is 7.98. The van der Waals surface area contributed by atoms with E-state index in [1.807, 2.05) is 13.2 Å². The van der Waals surface area contributed by atoms with Crippen LogP contribution in [0, 0.1) is 0 Å². The molecule has 0 radical (unpaired) electrons. The van der Waals surface area contributed by atoms with Crippen LogP contribution in [0.2, 0.25) is 0 Å². The van der Waals surface area contributed by atoms with E-state index < -0.39 is 17.4 Å². The van der Waals surface area contributed by atoms with Gasteiger partial charge in [0.15, 0.2) is 0 Å². The van der Waals surface area contributed by atoms with Crippen LogP contribution in [0.5, 0.6) is 5.75 Å². The molecule has 128 valence electrons. The van der Waals surface area contributed by atoms with Gasteiger partial charge < -0.3 is 20.5 Å². The zero-order chi connectivity index (χ0) is 17.3. The molecule has 0 unspecified atom stereocenters. The number of benzene rings is 1. The predicted octanol–water partition coefficient (Wildman–Crippen LogP) is 1.64. The smallest absolute Gasteiger partial charge is 0.313 e. The fourth-order valence-corrected chi connectivity index (χ4v) is 2.39. The van der Waals surface area contributed by atoms with E-state index in [2.05, 4.69) is 10.6 Å². The summed E-state index contributed by atoms with van der Waals surface area (Å²) < 4.78 is 5.30. The fourth-order valence-electron chi connectivity index (χ4n) is 1.75. The van der Waals surface area contributed by atoms with Crippen molar-refractivity contribution in [3.8, 4) is 5.75 Å². The molecular weight excluding hydrogens is 316 g/mol. The third-order valence-electron chi connectivity index (χ3n) is 3.10. The molecule has 0 spiro atoms. The number of aliphatic hydroxyl groups is 1. The number of thioether (sulfide) groups is 1. The van der Waals surface area contributed by atoms with Crippen LogP contribution in [-0.2, 0) is 9.59 Å². The lowest BCUT2D eigenvalue weighted by atomic mass is 10.0. The minimum absolute atomic E-state index is 0.0308. The maximum Gasteiger partial charge on any atom is 0.313 e. The predicted molar refractivity (Wildman–Crippen MR) is 92.9 cm³/mol. The van der Waals surface area contributed by atoms with Gasteiger partial charge in [0.2, 0.25) is 0 Å². The van der Waals surface area contributed by atoms with Crippen LogP contribution in [0.15, 0.2) is 24.3 Å². The number of carbonyl (C=O) groups excluding carboxylic acids is 2. The first-order valence-corrected chi connectivity index (χ1v) is 8.80. The maximum atomic E-state index is 11.8. The van der Waals surface area contributed by atoms with E-state index in [1.165, 1.54) is 0 Å². The van der Waals surface area contributed by atoms with Crippen LogP contribution >= 0.6 is 11.8 Å². The molecule has 0 heterocycles. The third kappa shape index (κ3) is 7.38. The average molecular weight is 340 g/mol. The number of nitrogens with one attached hydrogen (secondary N) is 2. The van der Waals surface area contributed by atoms with Crippen molar-refractivity contribution in [3.05, 3.63) is 24.3 Å². The summed E-state index contributed by atoms with van der Waals surface area (Å²) in [5, 5.41) is 15.0. The van der Waals surface area contributed by atoms with Crippen molar-refractivity contribution in [1.29, 1.82) is 0 Å². The first kappa shape index (κ1) is 19.3. The highest BCUT2D eigenvalue weighted by Gasteiger charge is 2.22. The molecule has 1 rings (SSSR count). The van der Waals surface area contributed by atoms with Gasteiger partial charge >= 0.3 is 11.8 Å². The molecule has 3 N–H and O–H groups in total. The van der Waals surface area contributed by atoms with Crippen molar-refractivity contribution < 1.29 is 19.4 Å². The van der Waals surface area contributed by atoms with Gasteiger partial charge in [0.05, 0.1) is 12.2 Å². The van der Waals surface area contributed by atoms with Crippen molar-refractivity contribution in [2.24, 2.45) is 0 Å². The first-order chi connectivity index (χ1) is 10.9. The van der Waals surface area contributed by atoms with Crippen molar-refractivity contribution in [1.82, 2.24) is 5.32 Å². The van der Waals surface area contributed by atoms with E-state index in [1.54, 1.807) is 43.0 Å². The molecule has 23 heavy (non-hydrogen) atoms. The summed E-state index contributed by atoms with van der Waals surface area (Å²) in [4.78, 5) is 23.6. The van der Waals surface area contributed by atoms with E-state index in [0.29, 0.717) is 24.5 Å². The second kappa shape index (κ2) is 9.42. The van der Waals surface area contributed by atoms with Crippen molar-refractivity contribution in [2.75, 3.05) is 30.5 Å². The minimum atomic E-state index is -1.03. The molecule has 0 bridgehead atoms. The normalized spacial score (nSPS) is 13.0. The van der Waals surface area contributed by atoms with Gasteiger partial charge in [-0.2, -0.15) is 11.8 Å². The van der Waals surface area contributed by atoms with Gasteiger partial charge in [-0.3, -0.25) is 9.59 Å². The summed E-state index contributed by atoms with van der Waals surface area (Å²) in [5.41, 5.74) is -0.527. The molecule has 2 amide bonds. The molecule has 1 atom stereocenters. The lowest BCUT2D eigenvalue weighted by molar-refractivity contribution is -0.136. The summed E-state index contributed by atoms with van der Waals surface area (Å²) in [6.07, 6.45) is 2.48. The van der Waals surface area contributed by atoms with E-state index in [-0.39, 0.29) is 6.54 Å². The Morgan fingerprint density at radius 3 is 2.48 bits per heavy atom. The van der Waals surface area contributed by atoms with Crippen LogP contribution in [0.3, 0.4) is 0 Å². The number of carbonyl (C=O) groups is 2. The van der Waals surface area contributed by atoms with Gasteiger partial charge in [-0.1, -0.05) is 0 Å². The largest absolute Gasteiger partial charge is 0.494 e. The van der Waals surface area contributed by atoms with Crippen LogP contribution in [0.25, 0.3) is 0 Å². The quantitative estimate of drug-likeness (QED) is 0.626. The average Bonchev–Trinajstić information content (AvgIpc) is 2.53. The van der Waals surface area contributed by atoms with Crippen LogP contribution in [-0.4, -0.2) is 47.7 Å². The van der Waals surface area contributed by atoms with Crippen molar-refractivity contribution >= 4 is 29.3 Å². The molecule has 0 fully saturated rings. The number of anilines is 1. The lowest BCUT2D eigenvalue weighted by Crippen LogP contribution is -2.44. The molecule has 6 nitrogen and oxygen atoms in total. The topological polar surface area (TPSA) is 87.7 Å². The minimum Gasteiger partial charge on any atom is -0.494 e. The van der Waals surface area contributed by atoms with E-state index >= 15 is 0 Å². The number of amides is 2. The monoisotopic (exact) mass is 340 g/mol. The standard InChI is InChI=1S/C16H24N2O4S/c1-4-22-13-7-5-12(6-8-13)18-15(20)14(19)17-11-16(2,21)9-10-23-3/h5-8,21H,4,9-11H2,1-3H3,(H,17,19)(H,18,20)/t16-/m0/s1. The van der Waals surface area contributed by atoms with E-state index in [4.69, 9.17) is 4.74 Å². The zero-order valence-corrected chi connectivity index (χ0v) is 14.5. The number of rotatable bonds is 8. The molecule has 0 saturated carbocycles. The molecule has 0 saturated heterocycles. The Balaban J connectivity index is 2.46. The molecule has 0 aliphatic rings. The summed E-state index contributed by atoms with van der Waals surface area (Å²) in [6.45, 7) is 4.11. The molecule has 1 aromatic rings. The zero-order valence-electron chi connectivity index (χ0n) is 13.7. The fraction of sp³-hybridized carbons (Fsp3) is 0.500. The van der Waals surface area contributed by atoms with E-state index in [9.17, 15) is 14.7 Å². The number of hydrogen-bond donors (Lipinski definition) is 3. The molecule has 0 aromatic heterocycles. The lowest BCUT2D eigenvalue weighted by Gasteiger charge is -2.23. The molecule has 1 aromatic carbocycles. The van der Waals surface area contributed by atoms with Gasteiger partial charge in [-0.05, 0) is 56.5 Å². The van der Waals surface area contributed by atoms with Crippen LogP contribution < -0.4 is 15.4 Å². The number of hydrogen-bond acceptors (Lipinski definition) is 5. The Morgan fingerprint density at radius 1 is 1.26 bits per heavy atom. The summed E-state index contributed by atoms with van der Waals surface area (Å²) in [6, 6.07) is 6.74.